The van der Waals surface area contributed by atoms with E-state index in [1.54, 1.807) is 6.20 Å². The number of benzene rings is 1. The molecule has 2 aromatic rings. The van der Waals surface area contributed by atoms with Crippen LogP contribution in [0.15, 0.2) is 36.5 Å². The van der Waals surface area contributed by atoms with Crippen molar-refractivity contribution in [2.75, 3.05) is 26.0 Å². The third-order valence-corrected chi connectivity index (χ3v) is 3.44. The summed E-state index contributed by atoms with van der Waals surface area (Å²) in [7, 11) is 4.17. The van der Waals surface area contributed by atoms with Crippen molar-refractivity contribution in [3.63, 3.8) is 0 Å². The fourth-order valence-corrected chi connectivity index (χ4v) is 1.99. The van der Waals surface area contributed by atoms with Crippen LogP contribution in [0, 0.1) is 0 Å². The van der Waals surface area contributed by atoms with Gasteiger partial charge in [-0.15, -0.1) is 0 Å². The van der Waals surface area contributed by atoms with E-state index in [1.807, 2.05) is 6.07 Å². The van der Waals surface area contributed by atoms with Gasteiger partial charge in [-0.25, -0.2) is 9.97 Å². The first kappa shape index (κ1) is 14.5. The normalized spacial score (nSPS) is 12.4. The van der Waals surface area contributed by atoms with Crippen LogP contribution in [0.3, 0.4) is 0 Å². The average molecular weight is 270 g/mol. The van der Waals surface area contributed by atoms with Gasteiger partial charge in [0.15, 0.2) is 5.82 Å². The molecule has 0 aliphatic rings. The van der Waals surface area contributed by atoms with Crippen LogP contribution >= 0.6 is 0 Å². The maximum absolute atomic E-state index is 4.51. The lowest BCUT2D eigenvalue weighted by atomic mass is 10.1. The van der Waals surface area contributed by atoms with Crippen molar-refractivity contribution < 1.29 is 0 Å². The maximum Gasteiger partial charge on any atom is 0.161 e. The molecular weight excluding hydrogens is 248 g/mol. The first-order valence-corrected chi connectivity index (χ1v) is 6.95. The summed E-state index contributed by atoms with van der Waals surface area (Å²) >= 11 is 0. The molecule has 0 saturated heterocycles. The second-order valence-corrected chi connectivity index (χ2v) is 5.06. The molecule has 0 unspecified atom stereocenters. The lowest BCUT2D eigenvalue weighted by molar-refractivity contribution is 0.321. The van der Waals surface area contributed by atoms with Gasteiger partial charge in [-0.2, -0.15) is 0 Å². The van der Waals surface area contributed by atoms with Crippen molar-refractivity contribution in [1.29, 1.82) is 0 Å². The monoisotopic (exact) mass is 270 g/mol. The van der Waals surface area contributed by atoms with Crippen LogP contribution in [-0.2, 0) is 0 Å². The summed E-state index contributed by atoms with van der Waals surface area (Å²) in [5, 5.41) is 3.20. The van der Waals surface area contributed by atoms with E-state index in [4.69, 9.17) is 0 Å². The van der Waals surface area contributed by atoms with Crippen LogP contribution in [0.1, 0.15) is 25.5 Å². The Morgan fingerprint density at radius 3 is 2.45 bits per heavy atom. The van der Waals surface area contributed by atoms with Crippen LogP contribution < -0.4 is 5.32 Å². The van der Waals surface area contributed by atoms with Gasteiger partial charge in [0.05, 0.1) is 0 Å². The van der Waals surface area contributed by atoms with Crippen LogP contribution in [0.5, 0.6) is 0 Å². The Morgan fingerprint density at radius 2 is 1.85 bits per heavy atom. The third-order valence-electron chi connectivity index (χ3n) is 3.44. The highest BCUT2D eigenvalue weighted by Gasteiger charge is 2.08. The molecular formula is C16H22N4. The summed E-state index contributed by atoms with van der Waals surface area (Å²) in [4.78, 5) is 11.0. The largest absolute Gasteiger partial charge is 0.370 e. The summed E-state index contributed by atoms with van der Waals surface area (Å²) in [5.41, 5.74) is 2.33. The molecule has 0 bridgehead atoms. The number of anilines is 1. The molecule has 0 fully saturated rings. The smallest absolute Gasteiger partial charge is 0.161 e. The SMILES string of the molecule is CCNc1ccnc(-c2ccc([C@H](C)N(C)C)cc2)n1. The Bertz CT molecular complexity index is 549. The lowest BCUT2D eigenvalue weighted by Crippen LogP contribution is -2.16. The molecule has 0 spiro atoms. The zero-order valence-corrected chi connectivity index (χ0v) is 12.6. The topological polar surface area (TPSA) is 41.1 Å². The maximum atomic E-state index is 4.51. The Hall–Kier alpha value is -1.94. The fourth-order valence-electron chi connectivity index (χ4n) is 1.99. The van der Waals surface area contributed by atoms with Crippen LogP contribution in [-0.4, -0.2) is 35.5 Å². The molecule has 1 aromatic heterocycles. The molecule has 4 nitrogen and oxygen atoms in total. The summed E-state index contributed by atoms with van der Waals surface area (Å²) < 4.78 is 0. The van der Waals surface area contributed by atoms with E-state index in [-0.39, 0.29) is 0 Å². The van der Waals surface area contributed by atoms with E-state index in [2.05, 4.69) is 72.4 Å². The molecule has 0 amide bonds. The van der Waals surface area contributed by atoms with Crippen molar-refractivity contribution in [2.24, 2.45) is 0 Å². The highest BCUT2D eigenvalue weighted by Crippen LogP contribution is 2.22. The molecule has 20 heavy (non-hydrogen) atoms. The molecule has 1 aromatic carbocycles. The molecule has 1 N–H and O–H groups in total. The van der Waals surface area contributed by atoms with Gasteiger partial charge in [0.25, 0.3) is 0 Å². The van der Waals surface area contributed by atoms with Crippen molar-refractivity contribution in [3.05, 3.63) is 42.1 Å². The molecule has 2 rings (SSSR count). The van der Waals surface area contributed by atoms with Gasteiger partial charge in [-0.05, 0) is 39.6 Å². The minimum absolute atomic E-state index is 0.401. The van der Waals surface area contributed by atoms with Crippen LogP contribution in [0.2, 0.25) is 0 Å². The first-order chi connectivity index (χ1) is 9.61. The minimum atomic E-state index is 0.401. The van der Waals surface area contributed by atoms with Crippen molar-refractivity contribution in [3.8, 4) is 11.4 Å². The van der Waals surface area contributed by atoms with Crippen LogP contribution in [0.25, 0.3) is 11.4 Å². The number of rotatable bonds is 5. The molecule has 0 saturated carbocycles. The zero-order valence-electron chi connectivity index (χ0n) is 12.6. The number of hydrogen-bond donors (Lipinski definition) is 1. The lowest BCUT2D eigenvalue weighted by Gasteiger charge is -2.20. The van der Waals surface area contributed by atoms with Crippen LogP contribution in [0.4, 0.5) is 5.82 Å². The summed E-state index contributed by atoms with van der Waals surface area (Å²) in [6.45, 7) is 5.10. The van der Waals surface area contributed by atoms with Crippen molar-refractivity contribution in [1.82, 2.24) is 14.9 Å². The predicted molar refractivity (Wildman–Crippen MR) is 83.7 cm³/mol. The van der Waals surface area contributed by atoms with E-state index in [0.717, 1.165) is 23.8 Å². The van der Waals surface area contributed by atoms with Gasteiger partial charge in [-0.3, -0.25) is 0 Å². The Morgan fingerprint density at radius 1 is 1.15 bits per heavy atom. The summed E-state index contributed by atoms with van der Waals surface area (Å²) in [6.07, 6.45) is 1.79. The van der Waals surface area contributed by atoms with Crippen molar-refractivity contribution in [2.45, 2.75) is 19.9 Å². The second-order valence-electron chi connectivity index (χ2n) is 5.06. The Labute approximate surface area is 120 Å². The van der Waals surface area contributed by atoms with Gasteiger partial charge in [0.1, 0.15) is 5.82 Å². The van der Waals surface area contributed by atoms with E-state index in [1.165, 1.54) is 5.56 Å². The van der Waals surface area contributed by atoms with E-state index < -0.39 is 0 Å². The van der Waals surface area contributed by atoms with E-state index >= 15 is 0 Å². The molecule has 0 aliphatic carbocycles. The number of aromatic nitrogens is 2. The van der Waals surface area contributed by atoms with Gasteiger partial charge in [0.2, 0.25) is 0 Å². The Kier molecular flexibility index (Phi) is 4.69. The highest BCUT2D eigenvalue weighted by molar-refractivity contribution is 5.57. The van der Waals surface area contributed by atoms with E-state index in [0.29, 0.717) is 6.04 Å². The Balaban J connectivity index is 2.23. The second kappa shape index (κ2) is 6.48. The zero-order chi connectivity index (χ0) is 14.5. The molecule has 106 valence electrons. The predicted octanol–water partition coefficient (Wildman–Crippen LogP) is 3.20. The fraction of sp³-hybridized carbons (Fsp3) is 0.375. The molecule has 0 radical (unpaired) electrons. The van der Waals surface area contributed by atoms with Crippen molar-refractivity contribution >= 4 is 5.82 Å². The summed E-state index contributed by atoms with van der Waals surface area (Å²) in [6, 6.07) is 10.7. The van der Waals surface area contributed by atoms with Gasteiger partial charge in [-0.1, -0.05) is 24.3 Å². The highest BCUT2D eigenvalue weighted by atomic mass is 15.1. The quantitative estimate of drug-likeness (QED) is 0.906. The van der Waals surface area contributed by atoms with Gasteiger partial charge >= 0.3 is 0 Å². The standard InChI is InChI=1S/C16H22N4/c1-5-17-15-10-11-18-16(19-15)14-8-6-13(7-9-14)12(2)20(3)4/h6-12H,5H2,1-4H3,(H,17,18,19)/t12-/m0/s1. The minimum Gasteiger partial charge on any atom is -0.370 e. The molecule has 4 heteroatoms. The molecule has 1 atom stereocenters. The van der Waals surface area contributed by atoms with E-state index in [9.17, 15) is 0 Å². The first-order valence-electron chi connectivity index (χ1n) is 6.95. The van der Waals surface area contributed by atoms with Gasteiger partial charge < -0.3 is 10.2 Å². The molecule has 0 aliphatic heterocycles. The number of hydrogen-bond acceptors (Lipinski definition) is 4. The summed E-state index contributed by atoms with van der Waals surface area (Å²) in [5.74, 6) is 1.62. The average Bonchev–Trinajstić information content (AvgIpc) is 2.47. The number of nitrogens with one attached hydrogen (secondary N) is 1. The van der Waals surface area contributed by atoms with Gasteiger partial charge in [0, 0.05) is 24.3 Å². The number of nitrogens with zero attached hydrogens (tertiary/aromatic N) is 3. The molecule has 1 heterocycles. The third kappa shape index (κ3) is 3.33.